The highest BCUT2D eigenvalue weighted by molar-refractivity contribution is 5.85. The van der Waals surface area contributed by atoms with Crippen LogP contribution < -0.4 is 0 Å². The lowest BCUT2D eigenvalue weighted by Gasteiger charge is -2.29. The van der Waals surface area contributed by atoms with Crippen molar-refractivity contribution in [3.05, 3.63) is 0 Å². The van der Waals surface area contributed by atoms with Gasteiger partial charge in [-0.3, -0.25) is 4.79 Å². The van der Waals surface area contributed by atoms with Crippen molar-refractivity contribution >= 4 is 18.0 Å². The maximum atomic E-state index is 12.6. The van der Waals surface area contributed by atoms with Crippen molar-refractivity contribution in [1.29, 1.82) is 0 Å². The molecular weight excluding hydrogens is 276 g/mol. The van der Waals surface area contributed by atoms with Gasteiger partial charge in [-0.15, -0.1) is 0 Å². The largest absolute Gasteiger partial charge is 0.481 e. The second-order valence-corrected chi connectivity index (χ2v) is 5.77. The summed E-state index contributed by atoms with van der Waals surface area (Å²) >= 11 is 0. The van der Waals surface area contributed by atoms with Crippen LogP contribution >= 0.6 is 0 Å². The first kappa shape index (κ1) is 15.6. The van der Waals surface area contributed by atoms with E-state index in [2.05, 4.69) is 0 Å². The fourth-order valence-corrected chi connectivity index (χ4v) is 3.21. The maximum absolute atomic E-state index is 12.6. The van der Waals surface area contributed by atoms with Crippen molar-refractivity contribution in [3.63, 3.8) is 0 Å². The molecule has 2 amide bonds. The molecule has 1 N–H and O–H groups in total. The number of aliphatic carboxylic acids is 1. The Balaban J connectivity index is 2.08. The van der Waals surface area contributed by atoms with Gasteiger partial charge in [0.25, 0.3) is 0 Å². The number of carboxylic acid groups (broad SMARTS) is 1. The number of methoxy groups -OCH3 is 1. The predicted molar refractivity (Wildman–Crippen MR) is 73.7 cm³/mol. The van der Waals surface area contributed by atoms with E-state index < -0.39 is 23.4 Å². The summed E-state index contributed by atoms with van der Waals surface area (Å²) in [6.45, 7) is 2.97. The van der Waals surface area contributed by atoms with Crippen LogP contribution in [0.3, 0.4) is 0 Å². The molecule has 2 unspecified atom stereocenters. The predicted octanol–water partition coefficient (Wildman–Crippen LogP) is 0.930. The van der Waals surface area contributed by atoms with Gasteiger partial charge in [-0.2, -0.15) is 0 Å². The van der Waals surface area contributed by atoms with Crippen LogP contribution in [0.15, 0.2) is 0 Å². The zero-order valence-electron chi connectivity index (χ0n) is 12.5. The summed E-state index contributed by atoms with van der Waals surface area (Å²) in [5, 5.41) is 9.38. The van der Waals surface area contributed by atoms with E-state index in [-0.39, 0.29) is 12.6 Å². The second-order valence-electron chi connectivity index (χ2n) is 5.77. The second kappa shape index (κ2) is 5.91. The van der Waals surface area contributed by atoms with Crippen molar-refractivity contribution in [2.45, 2.75) is 38.6 Å². The maximum Gasteiger partial charge on any atom is 0.328 e. The number of amides is 2. The molecule has 0 saturated carbocycles. The fraction of sp³-hybridized carbons (Fsp3) is 0.786. The summed E-state index contributed by atoms with van der Waals surface area (Å²) in [5.41, 5.74) is -0.851. The molecule has 0 aromatic rings. The van der Waals surface area contributed by atoms with Gasteiger partial charge in [0.05, 0.1) is 12.5 Å². The summed E-state index contributed by atoms with van der Waals surface area (Å²) in [4.78, 5) is 38.8. The van der Waals surface area contributed by atoms with Gasteiger partial charge < -0.3 is 19.6 Å². The molecule has 21 heavy (non-hydrogen) atoms. The first-order valence-electron chi connectivity index (χ1n) is 7.32. The number of nitrogens with zero attached hydrogens (tertiary/aromatic N) is 2. The molecule has 2 fully saturated rings. The number of hydrogen-bond donors (Lipinski definition) is 1. The lowest BCUT2D eigenvalue weighted by Crippen LogP contribution is -2.48. The third-order valence-electron chi connectivity index (χ3n) is 4.73. The molecule has 2 saturated heterocycles. The SMILES string of the molecule is CCC1(C(=O)O)CCN(C(=O)N2CCCC2C(=O)OC)C1. The highest BCUT2D eigenvalue weighted by atomic mass is 16.5. The smallest absolute Gasteiger partial charge is 0.328 e. The number of carboxylic acids is 1. The summed E-state index contributed by atoms with van der Waals surface area (Å²) in [5.74, 6) is -1.26. The number of urea groups is 1. The highest BCUT2D eigenvalue weighted by Crippen LogP contribution is 2.35. The van der Waals surface area contributed by atoms with Gasteiger partial charge in [0, 0.05) is 19.6 Å². The third kappa shape index (κ3) is 2.69. The molecule has 0 aromatic carbocycles. The Morgan fingerprint density at radius 1 is 1.33 bits per heavy atom. The van der Waals surface area contributed by atoms with Crippen LogP contribution in [0.1, 0.15) is 32.6 Å². The molecule has 2 atom stereocenters. The summed E-state index contributed by atoms with van der Waals surface area (Å²) in [6.07, 6.45) is 2.31. The van der Waals surface area contributed by atoms with Crippen LogP contribution in [0.25, 0.3) is 0 Å². The number of likely N-dealkylation sites (tertiary alicyclic amines) is 2. The first-order valence-corrected chi connectivity index (χ1v) is 7.32. The minimum atomic E-state index is -0.855. The molecule has 7 nitrogen and oxygen atoms in total. The number of esters is 1. The van der Waals surface area contributed by atoms with Gasteiger partial charge in [-0.25, -0.2) is 9.59 Å². The number of ether oxygens (including phenoxy) is 1. The van der Waals surface area contributed by atoms with Gasteiger partial charge >= 0.3 is 18.0 Å². The first-order chi connectivity index (χ1) is 9.95. The molecule has 2 rings (SSSR count). The minimum Gasteiger partial charge on any atom is -0.481 e. The van der Waals surface area contributed by atoms with Crippen LogP contribution in [-0.4, -0.2) is 65.7 Å². The van der Waals surface area contributed by atoms with Crippen molar-refractivity contribution < 1.29 is 24.2 Å². The van der Waals surface area contributed by atoms with Crippen molar-refractivity contribution in [1.82, 2.24) is 9.80 Å². The lowest BCUT2D eigenvalue weighted by atomic mass is 9.84. The monoisotopic (exact) mass is 298 g/mol. The van der Waals surface area contributed by atoms with Gasteiger partial charge in [0.15, 0.2) is 0 Å². The third-order valence-corrected chi connectivity index (χ3v) is 4.73. The van der Waals surface area contributed by atoms with Crippen LogP contribution in [-0.2, 0) is 14.3 Å². The van der Waals surface area contributed by atoms with Crippen LogP contribution in [0.4, 0.5) is 4.79 Å². The van der Waals surface area contributed by atoms with Crippen LogP contribution in [0.2, 0.25) is 0 Å². The zero-order valence-corrected chi connectivity index (χ0v) is 12.5. The average Bonchev–Trinajstić information content (AvgIpc) is 3.13. The quantitative estimate of drug-likeness (QED) is 0.783. The van der Waals surface area contributed by atoms with Crippen molar-refractivity contribution in [2.75, 3.05) is 26.7 Å². The van der Waals surface area contributed by atoms with E-state index >= 15 is 0 Å². The van der Waals surface area contributed by atoms with E-state index in [0.717, 1.165) is 6.42 Å². The molecule has 2 aliphatic rings. The molecule has 2 aliphatic heterocycles. The average molecular weight is 298 g/mol. The molecule has 7 heteroatoms. The Morgan fingerprint density at radius 3 is 2.57 bits per heavy atom. The van der Waals surface area contributed by atoms with Gasteiger partial charge in [0.1, 0.15) is 6.04 Å². The van der Waals surface area contributed by atoms with Crippen molar-refractivity contribution in [2.24, 2.45) is 5.41 Å². The Kier molecular flexibility index (Phi) is 4.39. The van der Waals surface area contributed by atoms with E-state index in [0.29, 0.717) is 32.4 Å². The molecular formula is C14H22N2O5. The van der Waals surface area contributed by atoms with E-state index in [1.54, 1.807) is 4.90 Å². The van der Waals surface area contributed by atoms with Crippen molar-refractivity contribution in [3.8, 4) is 0 Å². The number of hydrogen-bond acceptors (Lipinski definition) is 4. The molecule has 2 heterocycles. The Bertz CT molecular complexity index is 453. The number of carbonyl (C=O) groups is 3. The van der Waals surface area contributed by atoms with Gasteiger partial charge in [-0.05, 0) is 25.7 Å². The van der Waals surface area contributed by atoms with Crippen LogP contribution in [0, 0.1) is 5.41 Å². The zero-order chi connectivity index (χ0) is 15.6. The molecule has 0 aromatic heterocycles. The van der Waals surface area contributed by atoms with Gasteiger partial charge in [-0.1, -0.05) is 6.92 Å². The lowest BCUT2D eigenvalue weighted by molar-refractivity contribution is -0.148. The van der Waals surface area contributed by atoms with E-state index in [9.17, 15) is 19.5 Å². The molecule has 118 valence electrons. The summed E-state index contributed by atoms with van der Waals surface area (Å²) in [7, 11) is 1.31. The summed E-state index contributed by atoms with van der Waals surface area (Å²) < 4.78 is 4.73. The Labute approximate surface area is 123 Å². The summed E-state index contributed by atoms with van der Waals surface area (Å²) in [6, 6.07) is -0.788. The number of rotatable bonds is 3. The molecule has 0 radical (unpaired) electrons. The normalized spacial score (nSPS) is 28.8. The molecule has 0 aliphatic carbocycles. The highest BCUT2D eigenvalue weighted by Gasteiger charge is 2.47. The molecule has 0 bridgehead atoms. The standard InChI is InChI=1S/C14H22N2O5/c1-3-14(12(18)19)6-8-15(9-14)13(20)16-7-4-5-10(16)11(17)21-2/h10H,3-9H2,1-2H3,(H,18,19). The van der Waals surface area contributed by atoms with E-state index in [4.69, 9.17) is 4.74 Å². The topological polar surface area (TPSA) is 87.2 Å². The van der Waals surface area contributed by atoms with E-state index in [1.165, 1.54) is 12.0 Å². The van der Waals surface area contributed by atoms with Gasteiger partial charge in [0.2, 0.25) is 0 Å². The van der Waals surface area contributed by atoms with Crippen LogP contribution in [0.5, 0.6) is 0 Å². The van der Waals surface area contributed by atoms with E-state index in [1.807, 2.05) is 6.92 Å². The molecule has 0 spiro atoms. The Morgan fingerprint density at radius 2 is 2.05 bits per heavy atom. The minimum absolute atomic E-state index is 0.210. The fourth-order valence-electron chi connectivity index (χ4n) is 3.21. The Hall–Kier alpha value is -1.79. The number of carbonyl (C=O) groups excluding carboxylic acids is 2.